The highest BCUT2D eigenvalue weighted by atomic mass is 32.1. The summed E-state index contributed by atoms with van der Waals surface area (Å²) in [5, 5.41) is 3.71. The molecule has 0 radical (unpaired) electrons. The summed E-state index contributed by atoms with van der Waals surface area (Å²) in [6.45, 7) is 6.93. The van der Waals surface area contributed by atoms with Gasteiger partial charge in [-0.3, -0.25) is 9.59 Å². The highest BCUT2D eigenvalue weighted by Crippen LogP contribution is 2.32. The van der Waals surface area contributed by atoms with Gasteiger partial charge in [-0.05, 0) is 19.4 Å². The molecule has 1 atom stereocenters. The van der Waals surface area contributed by atoms with Crippen molar-refractivity contribution in [3.63, 3.8) is 0 Å². The number of alkyl halides is 3. The number of rotatable bonds is 7. The molecule has 1 aromatic rings. The van der Waals surface area contributed by atoms with Crippen LogP contribution >= 0.6 is 11.3 Å². The molecule has 1 rings (SSSR count). The van der Waals surface area contributed by atoms with Crippen LogP contribution in [-0.2, 0) is 15.8 Å². The highest BCUT2D eigenvalue weighted by Gasteiger charge is 2.34. The van der Waals surface area contributed by atoms with Crippen LogP contribution in [0.1, 0.15) is 37.0 Å². The zero-order valence-corrected chi connectivity index (χ0v) is 13.6. The number of nitrogens with one attached hydrogen (secondary N) is 1. The normalized spacial score (nSPS) is 12.6. The molecule has 23 heavy (non-hydrogen) atoms. The molecule has 5 nitrogen and oxygen atoms in total. The van der Waals surface area contributed by atoms with Gasteiger partial charge in [0.15, 0.2) is 5.69 Å². The summed E-state index contributed by atoms with van der Waals surface area (Å²) in [6.07, 6.45) is -3.02. The van der Waals surface area contributed by atoms with E-state index >= 15 is 0 Å². The molecule has 0 bridgehead atoms. The van der Waals surface area contributed by atoms with Crippen LogP contribution in [0.3, 0.4) is 0 Å². The predicted molar refractivity (Wildman–Crippen MR) is 80.7 cm³/mol. The first kappa shape index (κ1) is 19.1. The van der Waals surface area contributed by atoms with Crippen molar-refractivity contribution in [2.24, 2.45) is 0 Å². The first-order chi connectivity index (χ1) is 10.7. The van der Waals surface area contributed by atoms with Crippen molar-refractivity contribution < 1.29 is 22.8 Å². The minimum absolute atomic E-state index is 0.185. The molecule has 1 heterocycles. The molecule has 0 aromatic carbocycles. The standard InChI is InChI=1S/C14H18F3N3O2S/c1-4-9(13-19-10(8-23-13)14(15,16)17)18-11(21)7-20(6-3)12(22)5-2/h5,8-9H,2,4,6-7H2,1,3H3,(H,18,21). The van der Waals surface area contributed by atoms with E-state index in [1.54, 1.807) is 13.8 Å². The first-order valence-corrected chi connectivity index (χ1v) is 7.84. The lowest BCUT2D eigenvalue weighted by Crippen LogP contribution is -2.41. The zero-order valence-electron chi connectivity index (χ0n) is 12.8. The number of likely N-dealkylation sites (N-methyl/N-ethyl adjacent to an activating group) is 1. The fourth-order valence-electron chi connectivity index (χ4n) is 1.80. The number of hydrogen-bond acceptors (Lipinski definition) is 4. The van der Waals surface area contributed by atoms with Crippen LogP contribution in [0.2, 0.25) is 0 Å². The van der Waals surface area contributed by atoms with Crippen molar-refractivity contribution in [2.75, 3.05) is 13.1 Å². The summed E-state index contributed by atoms with van der Waals surface area (Å²) in [5.74, 6) is -0.845. The van der Waals surface area contributed by atoms with Crippen LogP contribution in [0, 0.1) is 0 Å². The van der Waals surface area contributed by atoms with Crippen LogP contribution < -0.4 is 5.32 Å². The Balaban J connectivity index is 2.76. The van der Waals surface area contributed by atoms with Gasteiger partial charge in [-0.2, -0.15) is 13.2 Å². The fourth-order valence-corrected chi connectivity index (χ4v) is 2.76. The van der Waals surface area contributed by atoms with Crippen LogP contribution in [-0.4, -0.2) is 34.8 Å². The van der Waals surface area contributed by atoms with Crippen LogP contribution in [0.15, 0.2) is 18.0 Å². The van der Waals surface area contributed by atoms with Gasteiger partial charge in [-0.25, -0.2) is 4.98 Å². The maximum Gasteiger partial charge on any atom is 0.434 e. The smallest absolute Gasteiger partial charge is 0.345 e. The number of carbonyl (C=O) groups excluding carboxylic acids is 2. The summed E-state index contributed by atoms with van der Waals surface area (Å²) in [4.78, 5) is 28.3. The summed E-state index contributed by atoms with van der Waals surface area (Å²) >= 11 is 0.844. The molecule has 0 aliphatic heterocycles. The second kappa shape index (κ2) is 8.09. The van der Waals surface area contributed by atoms with Crippen molar-refractivity contribution in [2.45, 2.75) is 32.5 Å². The Kier molecular flexibility index (Phi) is 6.74. The quantitative estimate of drug-likeness (QED) is 0.770. The third kappa shape index (κ3) is 5.34. The Hall–Kier alpha value is -1.90. The molecular formula is C14H18F3N3O2S. The van der Waals surface area contributed by atoms with Crippen molar-refractivity contribution in [3.8, 4) is 0 Å². The van der Waals surface area contributed by atoms with Crippen molar-refractivity contribution in [1.29, 1.82) is 0 Å². The summed E-state index contributed by atoms with van der Waals surface area (Å²) < 4.78 is 37.7. The number of aromatic nitrogens is 1. The van der Waals surface area contributed by atoms with E-state index < -0.39 is 23.8 Å². The van der Waals surface area contributed by atoms with Gasteiger partial charge in [-0.15, -0.1) is 11.3 Å². The Morgan fingerprint density at radius 2 is 2.13 bits per heavy atom. The molecule has 2 amide bonds. The van der Waals surface area contributed by atoms with E-state index in [9.17, 15) is 22.8 Å². The number of hydrogen-bond donors (Lipinski definition) is 1. The molecule has 0 fully saturated rings. The topological polar surface area (TPSA) is 62.3 Å². The van der Waals surface area contributed by atoms with Gasteiger partial charge in [0, 0.05) is 11.9 Å². The highest BCUT2D eigenvalue weighted by molar-refractivity contribution is 7.09. The van der Waals surface area contributed by atoms with E-state index in [1.807, 2.05) is 0 Å². The molecule has 128 valence electrons. The molecule has 0 saturated carbocycles. The molecule has 1 aromatic heterocycles. The lowest BCUT2D eigenvalue weighted by atomic mass is 10.2. The van der Waals surface area contributed by atoms with Gasteiger partial charge < -0.3 is 10.2 Å². The second-order valence-electron chi connectivity index (χ2n) is 4.65. The largest absolute Gasteiger partial charge is 0.434 e. The van der Waals surface area contributed by atoms with Crippen molar-refractivity contribution >= 4 is 23.2 Å². The SMILES string of the molecule is C=CC(=O)N(CC)CC(=O)NC(CC)c1nc(C(F)(F)F)cs1. The maximum absolute atomic E-state index is 12.6. The van der Waals surface area contributed by atoms with E-state index in [1.165, 1.54) is 4.90 Å². The van der Waals surface area contributed by atoms with Crippen molar-refractivity contribution in [1.82, 2.24) is 15.2 Å². The zero-order chi connectivity index (χ0) is 17.6. The van der Waals surface area contributed by atoms with Gasteiger partial charge in [0.25, 0.3) is 0 Å². The van der Waals surface area contributed by atoms with Gasteiger partial charge in [0.05, 0.1) is 12.6 Å². The average molecular weight is 349 g/mol. The monoisotopic (exact) mass is 349 g/mol. The van der Waals surface area contributed by atoms with Crippen LogP contribution in [0.25, 0.3) is 0 Å². The first-order valence-electron chi connectivity index (χ1n) is 6.96. The Morgan fingerprint density at radius 1 is 1.48 bits per heavy atom. The van der Waals surface area contributed by atoms with Crippen LogP contribution in [0.4, 0.5) is 13.2 Å². The summed E-state index contributed by atoms with van der Waals surface area (Å²) in [6, 6.07) is -0.624. The lowest BCUT2D eigenvalue weighted by Gasteiger charge is -2.21. The minimum Gasteiger partial charge on any atom is -0.345 e. The maximum atomic E-state index is 12.6. The van der Waals surface area contributed by atoms with Crippen LogP contribution in [0.5, 0.6) is 0 Å². The number of nitrogens with zero attached hydrogens (tertiary/aromatic N) is 2. The second-order valence-corrected chi connectivity index (χ2v) is 5.54. The molecule has 9 heteroatoms. The fraction of sp³-hybridized carbons (Fsp3) is 0.500. The molecule has 1 unspecified atom stereocenters. The van der Waals surface area contributed by atoms with Gasteiger partial charge in [-0.1, -0.05) is 13.5 Å². The Bertz CT molecular complexity index is 572. The molecule has 0 spiro atoms. The van der Waals surface area contributed by atoms with Gasteiger partial charge in [0.2, 0.25) is 11.8 Å². The minimum atomic E-state index is -4.51. The van der Waals surface area contributed by atoms with Gasteiger partial charge >= 0.3 is 6.18 Å². The third-order valence-electron chi connectivity index (χ3n) is 3.06. The van der Waals surface area contributed by atoms with E-state index in [2.05, 4.69) is 16.9 Å². The number of halogens is 3. The molecule has 0 aliphatic carbocycles. The third-order valence-corrected chi connectivity index (χ3v) is 4.01. The predicted octanol–water partition coefficient (Wildman–Crippen LogP) is 2.76. The average Bonchev–Trinajstić information content (AvgIpc) is 2.99. The number of thiazole rings is 1. The Morgan fingerprint density at radius 3 is 2.57 bits per heavy atom. The number of amides is 2. The van der Waals surface area contributed by atoms with E-state index in [0.717, 1.165) is 22.8 Å². The molecule has 1 N–H and O–H groups in total. The summed E-state index contributed by atoms with van der Waals surface area (Å²) in [7, 11) is 0. The molecule has 0 saturated heterocycles. The van der Waals surface area contributed by atoms with E-state index in [-0.39, 0.29) is 17.5 Å². The number of carbonyl (C=O) groups is 2. The molecular weight excluding hydrogens is 331 g/mol. The Labute approximate surface area is 136 Å². The van der Waals surface area contributed by atoms with E-state index in [0.29, 0.717) is 13.0 Å². The molecule has 0 aliphatic rings. The lowest BCUT2D eigenvalue weighted by molar-refractivity contribution is -0.140. The van der Waals surface area contributed by atoms with Gasteiger partial charge in [0.1, 0.15) is 5.01 Å². The van der Waals surface area contributed by atoms with E-state index in [4.69, 9.17) is 0 Å². The van der Waals surface area contributed by atoms with Crippen molar-refractivity contribution in [3.05, 3.63) is 28.7 Å². The summed E-state index contributed by atoms with van der Waals surface area (Å²) in [5.41, 5.74) is -0.970.